The molecular formula is C21H26N4O6S. The predicted octanol–water partition coefficient (Wildman–Crippen LogP) is 2.36. The number of nitro groups is 1. The average Bonchev–Trinajstić information content (AvgIpc) is 2.82. The first kappa shape index (κ1) is 23.5. The fraction of sp³-hybridized carbons (Fsp3) is 0.381. The van der Waals surface area contributed by atoms with Gasteiger partial charge in [0.2, 0.25) is 15.9 Å². The Kier molecular flexibility index (Phi) is 7.31. The molecule has 0 radical (unpaired) electrons. The standard InChI is InChI=1S/C21H26N4O6S/c1-22-18-8-7-17(13-19(18)25(27)28)32(29,30)24-11-9-15(10-12-24)21(26)23-14-16-5-3-4-6-20(16)31-2/h3-8,13,15,22H,9-12,14H2,1-2H3,(H,23,26). The smallest absolute Gasteiger partial charge is 0.293 e. The molecule has 1 aliphatic heterocycles. The van der Waals surface area contributed by atoms with E-state index in [1.807, 2.05) is 24.3 Å². The molecule has 2 aromatic carbocycles. The van der Waals surface area contributed by atoms with Crippen LogP contribution in [0.3, 0.4) is 0 Å². The average molecular weight is 463 g/mol. The number of methoxy groups -OCH3 is 1. The molecule has 2 N–H and O–H groups in total. The third-order valence-corrected chi connectivity index (χ3v) is 7.44. The summed E-state index contributed by atoms with van der Waals surface area (Å²) in [6, 6.07) is 11.2. The van der Waals surface area contributed by atoms with Crippen molar-refractivity contribution in [1.29, 1.82) is 0 Å². The minimum Gasteiger partial charge on any atom is -0.496 e. The van der Waals surface area contributed by atoms with Crippen LogP contribution in [0.15, 0.2) is 47.4 Å². The zero-order valence-electron chi connectivity index (χ0n) is 17.9. The van der Waals surface area contributed by atoms with Crippen LogP contribution in [0.2, 0.25) is 0 Å². The third kappa shape index (κ3) is 5.00. The number of para-hydroxylation sites is 1. The normalized spacial score (nSPS) is 15.2. The molecule has 1 fully saturated rings. The van der Waals surface area contributed by atoms with E-state index in [9.17, 15) is 23.3 Å². The molecule has 0 aromatic heterocycles. The van der Waals surface area contributed by atoms with Crippen molar-refractivity contribution in [3.8, 4) is 5.75 Å². The van der Waals surface area contributed by atoms with Crippen molar-refractivity contribution in [2.24, 2.45) is 5.92 Å². The number of rotatable bonds is 8. The molecular weight excluding hydrogens is 436 g/mol. The van der Waals surface area contributed by atoms with Crippen LogP contribution in [0.1, 0.15) is 18.4 Å². The number of amides is 1. The van der Waals surface area contributed by atoms with Crippen LogP contribution in [-0.4, -0.2) is 50.8 Å². The Morgan fingerprint density at radius 1 is 1.22 bits per heavy atom. The summed E-state index contributed by atoms with van der Waals surface area (Å²) >= 11 is 0. The lowest BCUT2D eigenvalue weighted by Gasteiger charge is -2.30. The first-order valence-corrected chi connectivity index (χ1v) is 11.6. The second-order valence-electron chi connectivity index (χ2n) is 7.39. The number of nitrogens with one attached hydrogen (secondary N) is 2. The summed E-state index contributed by atoms with van der Waals surface area (Å²) in [6.45, 7) is 0.649. The Balaban J connectivity index is 1.63. The van der Waals surface area contributed by atoms with E-state index < -0.39 is 14.9 Å². The van der Waals surface area contributed by atoms with Crippen molar-refractivity contribution in [2.75, 3.05) is 32.6 Å². The third-order valence-electron chi connectivity index (χ3n) is 5.54. The van der Waals surface area contributed by atoms with Crippen LogP contribution >= 0.6 is 0 Å². The molecule has 1 amide bonds. The van der Waals surface area contributed by atoms with Crippen molar-refractivity contribution >= 4 is 27.3 Å². The number of carbonyl (C=O) groups excluding carboxylic acids is 1. The molecule has 2 aromatic rings. The lowest BCUT2D eigenvalue weighted by Crippen LogP contribution is -2.42. The molecule has 0 unspecified atom stereocenters. The van der Waals surface area contributed by atoms with E-state index >= 15 is 0 Å². The number of hydrogen-bond acceptors (Lipinski definition) is 7. The number of nitro benzene ring substituents is 1. The van der Waals surface area contributed by atoms with Gasteiger partial charge in [-0.15, -0.1) is 0 Å². The van der Waals surface area contributed by atoms with Gasteiger partial charge in [0, 0.05) is 44.2 Å². The van der Waals surface area contributed by atoms with Gasteiger partial charge in [0.05, 0.1) is 16.9 Å². The van der Waals surface area contributed by atoms with Crippen molar-refractivity contribution < 1.29 is 22.9 Å². The highest BCUT2D eigenvalue weighted by Crippen LogP contribution is 2.30. The minimum absolute atomic E-state index is 0.137. The quantitative estimate of drug-likeness (QED) is 0.455. The lowest BCUT2D eigenvalue weighted by atomic mass is 9.97. The second kappa shape index (κ2) is 9.96. The maximum Gasteiger partial charge on any atom is 0.293 e. The van der Waals surface area contributed by atoms with Crippen LogP contribution in [0, 0.1) is 16.0 Å². The summed E-state index contributed by atoms with van der Waals surface area (Å²) in [5.41, 5.74) is 0.786. The Labute approximate surface area is 186 Å². The number of piperidine rings is 1. The number of sulfonamides is 1. The van der Waals surface area contributed by atoms with E-state index in [-0.39, 0.29) is 41.2 Å². The summed E-state index contributed by atoms with van der Waals surface area (Å²) in [4.78, 5) is 23.1. The molecule has 11 heteroatoms. The summed E-state index contributed by atoms with van der Waals surface area (Å²) < 4.78 is 32.5. The number of benzene rings is 2. The summed E-state index contributed by atoms with van der Waals surface area (Å²) in [6.07, 6.45) is 0.737. The zero-order chi connectivity index (χ0) is 23.3. The van der Waals surface area contributed by atoms with E-state index in [2.05, 4.69) is 10.6 Å². The van der Waals surface area contributed by atoms with Crippen LogP contribution < -0.4 is 15.4 Å². The van der Waals surface area contributed by atoms with E-state index in [0.717, 1.165) is 11.6 Å². The Morgan fingerprint density at radius 3 is 2.53 bits per heavy atom. The molecule has 0 atom stereocenters. The van der Waals surface area contributed by atoms with Crippen LogP contribution in [0.4, 0.5) is 11.4 Å². The largest absolute Gasteiger partial charge is 0.496 e. The fourth-order valence-corrected chi connectivity index (χ4v) is 5.21. The zero-order valence-corrected chi connectivity index (χ0v) is 18.7. The van der Waals surface area contributed by atoms with Crippen molar-refractivity contribution in [3.05, 3.63) is 58.1 Å². The fourth-order valence-electron chi connectivity index (χ4n) is 3.72. The number of nitrogens with zero attached hydrogens (tertiary/aromatic N) is 2. The van der Waals surface area contributed by atoms with Gasteiger partial charge in [-0.1, -0.05) is 18.2 Å². The minimum atomic E-state index is -3.90. The summed E-state index contributed by atoms with van der Waals surface area (Å²) in [5, 5.41) is 16.8. The Morgan fingerprint density at radius 2 is 1.91 bits per heavy atom. The number of carbonyl (C=O) groups is 1. The van der Waals surface area contributed by atoms with Gasteiger partial charge < -0.3 is 15.4 Å². The van der Waals surface area contributed by atoms with E-state index in [1.54, 1.807) is 7.11 Å². The highest BCUT2D eigenvalue weighted by atomic mass is 32.2. The van der Waals surface area contributed by atoms with Gasteiger partial charge in [-0.2, -0.15) is 4.31 Å². The van der Waals surface area contributed by atoms with Gasteiger partial charge in [0.25, 0.3) is 5.69 Å². The lowest BCUT2D eigenvalue weighted by molar-refractivity contribution is -0.384. The highest BCUT2D eigenvalue weighted by Gasteiger charge is 2.33. The molecule has 0 spiro atoms. The summed E-state index contributed by atoms with van der Waals surface area (Å²) in [7, 11) is -0.808. The summed E-state index contributed by atoms with van der Waals surface area (Å²) in [5.74, 6) is 0.242. The van der Waals surface area contributed by atoms with Gasteiger partial charge in [-0.3, -0.25) is 14.9 Å². The van der Waals surface area contributed by atoms with Gasteiger partial charge in [-0.05, 0) is 31.0 Å². The number of anilines is 1. The molecule has 0 saturated carbocycles. The molecule has 10 nitrogen and oxygen atoms in total. The molecule has 1 saturated heterocycles. The van der Waals surface area contributed by atoms with Crippen molar-refractivity contribution in [1.82, 2.24) is 9.62 Å². The van der Waals surface area contributed by atoms with Gasteiger partial charge in [0.15, 0.2) is 0 Å². The first-order chi connectivity index (χ1) is 15.3. The maximum atomic E-state index is 13.0. The molecule has 0 bridgehead atoms. The van der Waals surface area contributed by atoms with Crippen LogP contribution in [0.25, 0.3) is 0 Å². The van der Waals surface area contributed by atoms with Crippen LogP contribution in [0.5, 0.6) is 5.75 Å². The van der Waals surface area contributed by atoms with E-state index in [4.69, 9.17) is 4.74 Å². The van der Waals surface area contributed by atoms with Crippen LogP contribution in [-0.2, 0) is 21.4 Å². The Hall–Kier alpha value is -3.18. The molecule has 32 heavy (non-hydrogen) atoms. The van der Waals surface area contributed by atoms with Gasteiger partial charge in [0.1, 0.15) is 11.4 Å². The molecule has 1 heterocycles. The first-order valence-electron chi connectivity index (χ1n) is 10.1. The van der Waals surface area contributed by atoms with Gasteiger partial charge >= 0.3 is 0 Å². The molecule has 1 aliphatic rings. The molecule has 172 valence electrons. The predicted molar refractivity (Wildman–Crippen MR) is 119 cm³/mol. The van der Waals surface area contributed by atoms with Crippen molar-refractivity contribution in [2.45, 2.75) is 24.3 Å². The molecule has 0 aliphatic carbocycles. The van der Waals surface area contributed by atoms with E-state index in [1.165, 1.54) is 23.5 Å². The SMILES string of the molecule is CNc1ccc(S(=O)(=O)N2CCC(C(=O)NCc3ccccc3OC)CC2)cc1[N+](=O)[O-]. The van der Waals surface area contributed by atoms with Crippen molar-refractivity contribution in [3.63, 3.8) is 0 Å². The highest BCUT2D eigenvalue weighted by molar-refractivity contribution is 7.89. The number of hydrogen-bond donors (Lipinski definition) is 2. The maximum absolute atomic E-state index is 13.0. The monoisotopic (exact) mass is 462 g/mol. The molecule has 3 rings (SSSR count). The van der Waals surface area contributed by atoms with E-state index in [0.29, 0.717) is 25.1 Å². The Bertz CT molecular complexity index is 1100. The second-order valence-corrected chi connectivity index (χ2v) is 9.33. The number of ether oxygens (including phenoxy) is 1. The van der Waals surface area contributed by atoms with Gasteiger partial charge in [-0.25, -0.2) is 8.42 Å². The topological polar surface area (TPSA) is 131 Å².